The highest BCUT2D eigenvalue weighted by molar-refractivity contribution is 7.91. The molecule has 1 fully saturated rings. The smallest absolute Gasteiger partial charge is 0.271 e. The van der Waals surface area contributed by atoms with Gasteiger partial charge in [-0.2, -0.15) is 0 Å². The van der Waals surface area contributed by atoms with Gasteiger partial charge in [-0.05, 0) is 18.4 Å². The number of non-ortho nitro benzene ring substituents is 1. The molecule has 0 aromatic heterocycles. The van der Waals surface area contributed by atoms with Crippen LogP contribution in [0.1, 0.15) is 12.8 Å². The van der Waals surface area contributed by atoms with Gasteiger partial charge in [0.05, 0.1) is 22.1 Å². The molecule has 1 aromatic carbocycles. The van der Waals surface area contributed by atoms with Crippen molar-refractivity contribution >= 4 is 27.1 Å². The first-order chi connectivity index (χ1) is 9.77. The molecule has 1 saturated heterocycles. The van der Waals surface area contributed by atoms with Gasteiger partial charge in [0.1, 0.15) is 5.75 Å². The second-order valence-electron chi connectivity index (χ2n) is 4.98. The Kier molecular flexibility index (Phi) is 4.12. The average Bonchev–Trinajstić information content (AvgIpc) is 2.71. The summed E-state index contributed by atoms with van der Waals surface area (Å²) in [6, 6.07) is 3.29. The highest BCUT2D eigenvalue weighted by atomic mass is 32.2. The number of carbonyl (C=O) groups excluding carboxylic acids is 1. The molecule has 1 aromatic rings. The fourth-order valence-corrected chi connectivity index (χ4v) is 4.10. The molecule has 1 unspecified atom stereocenters. The molecule has 0 bridgehead atoms. The Bertz CT molecular complexity index is 685. The molecule has 9 heteroatoms. The standard InChI is InChI=1S/C12H14N2O6S/c15-11-2-1-9(14(17)18)6-10(11)13-12(16)5-8-3-4-21(19,20)7-8/h1-2,6,8,15H,3-5,7H2,(H,13,16). The maximum atomic E-state index is 11.8. The maximum absolute atomic E-state index is 11.8. The van der Waals surface area contributed by atoms with E-state index in [9.17, 15) is 28.4 Å². The van der Waals surface area contributed by atoms with Gasteiger partial charge >= 0.3 is 0 Å². The fourth-order valence-electron chi connectivity index (χ4n) is 2.23. The van der Waals surface area contributed by atoms with E-state index < -0.39 is 20.7 Å². The van der Waals surface area contributed by atoms with Gasteiger partial charge in [0.25, 0.3) is 5.69 Å². The number of phenols is 1. The minimum absolute atomic E-state index is 0.00135. The van der Waals surface area contributed by atoms with E-state index in [0.717, 1.165) is 18.2 Å². The van der Waals surface area contributed by atoms with Crippen molar-refractivity contribution in [1.82, 2.24) is 0 Å². The number of aromatic hydroxyl groups is 1. The minimum atomic E-state index is -3.06. The van der Waals surface area contributed by atoms with E-state index in [2.05, 4.69) is 5.32 Å². The van der Waals surface area contributed by atoms with Gasteiger partial charge in [-0.25, -0.2) is 8.42 Å². The van der Waals surface area contributed by atoms with Gasteiger partial charge in [0.2, 0.25) is 5.91 Å². The van der Waals surface area contributed by atoms with Crippen LogP contribution in [0.5, 0.6) is 5.75 Å². The van der Waals surface area contributed by atoms with Crippen LogP contribution in [-0.2, 0) is 14.6 Å². The van der Waals surface area contributed by atoms with Crippen molar-refractivity contribution in [3.05, 3.63) is 28.3 Å². The van der Waals surface area contributed by atoms with E-state index in [-0.39, 0.29) is 41.0 Å². The molecule has 0 radical (unpaired) electrons. The van der Waals surface area contributed by atoms with E-state index in [1.807, 2.05) is 0 Å². The zero-order valence-corrected chi connectivity index (χ0v) is 11.8. The Balaban J connectivity index is 2.03. The van der Waals surface area contributed by atoms with E-state index in [1.165, 1.54) is 0 Å². The molecule has 0 aliphatic carbocycles. The van der Waals surface area contributed by atoms with Gasteiger partial charge < -0.3 is 10.4 Å². The number of anilines is 1. The van der Waals surface area contributed by atoms with Gasteiger partial charge in [0.15, 0.2) is 9.84 Å². The van der Waals surface area contributed by atoms with E-state index >= 15 is 0 Å². The number of amides is 1. The van der Waals surface area contributed by atoms with Crippen LogP contribution in [0.15, 0.2) is 18.2 Å². The van der Waals surface area contributed by atoms with Gasteiger partial charge in [-0.3, -0.25) is 14.9 Å². The SMILES string of the molecule is O=C(CC1CCS(=O)(=O)C1)Nc1cc([N+](=O)[O-])ccc1O. The molecule has 1 heterocycles. The molecule has 1 aliphatic heterocycles. The quantitative estimate of drug-likeness (QED) is 0.486. The molecular weight excluding hydrogens is 300 g/mol. The van der Waals surface area contributed by atoms with E-state index in [4.69, 9.17) is 0 Å². The van der Waals surface area contributed by atoms with Gasteiger partial charge in [-0.1, -0.05) is 0 Å². The molecule has 21 heavy (non-hydrogen) atoms. The third-order valence-electron chi connectivity index (χ3n) is 3.27. The molecule has 114 valence electrons. The first-order valence-electron chi connectivity index (χ1n) is 6.24. The molecule has 2 N–H and O–H groups in total. The van der Waals surface area contributed by atoms with Crippen LogP contribution in [-0.4, -0.2) is 35.9 Å². The third-order valence-corrected chi connectivity index (χ3v) is 5.10. The number of carbonyl (C=O) groups is 1. The highest BCUT2D eigenvalue weighted by Gasteiger charge is 2.29. The van der Waals surface area contributed by atoms with Crippen molar-refractivity contribution in [3.8, 4) is 5.75 Å². The predicted molar refractivity (Wildman–Crippen MR) is 74.8 cm³/mol. The van der Waals surface area contributed by atoms with Crippen molar-refractivity contribution in [1.29, 1.82) is 0 Å². The van der Waals surface area contributed by atoms with Gasteiger partial charge in [0, 0.05) is 18.6 Å². The lowest BCUT2D eigenvalue weighted by Gasteiger charge is -2.09. The van der Waals surface area contributed by atoms with Crippen LogP contribution in [0.25, 0.3) is 0 Å². The minimum Gasteiger partial charge on any atom is -0.506 e. The fraction of sp³-hybridized carbons (Fsp3) is 0.417. The zero-order valence-electron chi connectivity index (χ0n) is 11.0. The van der Waals surface area contributed by atoms with Crippen LogP contribution in [0.2, 0.25) is 0 Å². The Morgan fingerprint density at radius 3 is 2.76 bits per heavy atom. The van der Waals surface area contributed by atoms with Crippen LogP contribution in [0.3, 0.4) is 0 Å². The number of nitrogens with zero attached hydrogens (tertiary/aromatic N) is 1. The number of phenolic OH excluding ortho intramolecular Hbond substituents is 1. The average molecular weight is 314 g/mol. The molecule has 8 nitrogen and oxygen atoms in total. The van der Waals surface area contributed by atoms with Crippen LogP contribution >= 0.6 is 0 Å². The lowest BCUT2D eigenvalue weighted by Crippen LogP contribution is -2.17. The normalized spacial score (nSPS) is 20.1. The largest absolute Gasteiger partial charge is 0.506 e. The summed E-state index contributed by atoms with van der Waals surface area (Å²) < 4.78 is 22.6. The lowest BCUT2D eigenvalue weighted by atomic mass is 10.0. The number of benzene rings is 1. The number of nitro groups is 1. The topological polar surface area (TPSA) is 127 Å². The summed E-state index contributed by atoms with van der Waals surface area (Å²) in [5, 5.41) is 22.6. The summed E-state index contributed by atoms with van der Waals surface area (Å²) in [7, 11) is -3.06. The summed E-state index contributed by atoms with van der Waals surface area (Å²) in [4.78, 5) is 21.8. The summed E-state index contributed by atoms with van der Waals surface area (Å²) in [6.07, 6.45) is 0.429. The second-order valence-corrected chi connectivity index (χ2v) is 7.21. The number of hydrogen-bond acceptors (Lipinski definition) is 6. The second kappa shape index (κ2) is 5.68. The van der Waals surface area contributed by atoms with Gasteiger partial charge in [-0.15, -0.1) is 0 Å². The summed E-state index contributed by atoms with van der Waals surface area (Å²) in [6.45, 7) is 0. The first kappa shape index (κ1) is 15.2. The number of sulfone groups is 1. The van der Waals surface area contributed by atoms with Crippen LogP contribution < -0.4 is 5.32 Å². The maximum Gasteiger partial charge on any atom is 0.271 e. The summed E-state index contributed by atoms with van der Waals surface area (Å²) in [5.41, 5.74) is -0.318. The molecule has 1 atom stereocenters. The summed E-state index contributed by atoms with van der Waals surface area (Å²) >= 11 is 0. The Hall–Kier alpha value is -2.16. The van der Waals surface area contributed by atoms with Crippen molar-refractivity contribution in [2.24, 2.45) is 5.92 Å². The highest BCUT2D eigenvalue weighted by Crippen LogP contribution is 2.29. The monoisotopic (exact) mass is 314 g/mol. The Morgan fingerprint density at radius 2 is 2.19 bits per heavy atom. The Morgan fingerprint density at radius 1 is 1.48 bits per heavy atom. The van der Waals surface area contributed by atoms with E-state index in [0.29, 0.717) is 6.42 Å². The predicted octanol–water partition coefficient (Wildman–Crippen LogP) is 1.06. The van der Waals surface area contributed by atoms with Crippen molar-refractivity contribution in [2.75, 3.05) is 16.8 Å². The van der Waals surface area contributed by atoms with Crippen molar-refractivity contribution < 1.29 is 23.2 Å². The molecule has 1 amide bonds. The molecule has 0 saturated carbocycles. The molecular formula is C12H14N2O6S. The zero-order chi connectivity index (χ0) is 15.6. The first-order valence-corrected chi connectivity index (χ1v) is 8.06. The van der Waals surface area contributed by atoms with E-state index in [1.54, 1.807) is 0 Å². The van der Waals surface area contributed by atoms with Crippen LogP contribution in [0, 0.1) is 16.0 Å². The lowest BCUT2D eigenvalue weighted by molar-refractivity contribution is -0.384. The molecule has 0 spiro atoms. The molecule has 1 aliphatic rings. The van der Waals surface area contributed by atoms with Crippen molar-refractivity contribution in [3.63, 3.8) is 0 Å². The Labute approximate surface area is 120 Å². The third kappa shape index (κ3) is 3.91. The number of hydrogen-bond donors (Lipinski definition) is 2. The number of nitrogens with one attached hydrogen (secondary N) is 1. The number of rotatable bonds is 4. The summed E-state index contributed by atoms with van der Waals surface area (Å²) in [5.74, 6) is -0.967. The van der Waals surface area contributed by atoms with Crippen LogP contribution in [0.4, 0.5) is 11.4 Å². The molecule has 2 rings (SSSR count). The number of nitro benzene ring substituents is 1. The van der Waals surface area contributed by atoms with Crippen molar-refractivity contribution in [2.45, 2.75) is 12.8 Å².